The number of urea groups is 1. The average molecular weight is 586 g/mol. The van der Waals surface area contributed by atoms with Crippen molar-refractivity contribution >= 4 is 23.6 Å². The minimum Gasteiger partial charge on any atom is -0.406 e. The number of aromatic amines is 1. The fourth-order valence-electron chi connectivity index (χ4n) is 6.40. The molecule has 0 atom stereocenters. The zero-order valence-corrected chi connectivity index (χ0v) is 23.1. The summed E-state index contributed by atoms with van der Waals surface area (Å²) in [6.45, 7) is 0.324. The predicted octanol–water partition coefficient (Wildman–Crippen LogP) is 6.67. The molecule has 2 saturated carbocycles. The van der Waals surface area contributed by atoms with E-state index in [1.165, 1.54) is 30.7 Å². The number of anilines is 2. The van der Waals surface area contributed by atoms with E-state index in [-0.39, 0.29) is 29.2 Å². The first-order valence-electron chi connectivity index (χ1n) is 14.3. The number of aromatic nitrogens is 4. The van der Waals surface area contributed by atoms with Crippen molar-refractivity contribution in [3.63, 3.8) is 0 Å². The van der Waals surface area contributed by atoms with Crippen LogP contribution in [0.3, 0.4) is 0 Å². The third kappa shape index (κ3) is 7.18. The zero-order valence-electron chi connectivity index (χ0n) is 23.1. The molecule has 0 aliphatic heterocycles. The molecule has 42 heavy (non-hydrogen) atoms. The molecule has 1 heterocycles. The van der Waals surface area contributed by atoms with E-state index in [2.05, 4.69) is 36.0 Å². The molecule has 10 nitrogen and oxygen atoms in total. The maximum atomic E-state index is 14.0. The normalized spacial score (nSPS) is 17.3. The number of hydrogen-bond donors (Lipinski definition) is 3. The second-order valence-electron chi connectivity index (χ2n) is 11.0. The van der Waals surface area contributed by atoms with Crippen LogP contribution in [0.2, 0.25) is 0 Å². The summed E-state index contributed by atoms with van der Waals surface area (Å²) < 4.78 is 41.8. The number of alkyl halides is 3. The number of rotatable bonds is 8. The lowest BCUT2D eigenvalue weighted by Gasteiger charge is -2.52. The number of carbonyl (C=O) groups excluding carboxylic acids is 2. The van der Waals surface area contributed by atoms with Crippen LogP contribution in [0.4, 0.5) is 29.6 Å². The van der Waals surface area contributed by atoms with Crippen molar-refractivity contribution in [3.05, 3.63) is 59.7 Å². The number of amides is 3. The van der Waals surface area contributed by atoms with E-state index in [4.69, 9.17) is 0 Å². The average Bonchev–Trinajstić information content (AvgIpc) is 3.50. The number of nitrogens with one attached hydrogen (secondary N) is 3. The van der Waals surface area contributed by atoms with Crippen molar-refractivity contribution in [2.45, 2.75) is 82.7 Å². The Morgan fingerprint density at radius 2 is 1.60 bits per heavy atom. The fraction of sp³-hybridized carbons (Fsp3) is 0.483. The minimum absolute atomic E-state index is 0.0663. The van der Waals surface area contributed by atoms with Crippen molar-refractivity contribution in [1.82, 2.24) is 25.5 Å². The van der Waals surface area contributed by atoms with Crippen LogP contribution in [0, 0.1) is 5.92 Å². The summed E-state index contributed by atoms with van der Waals surface area (Å²) in [6, 6.07) is 11.9. The van der Waals surface area contributed by atoms with Crippen molar-refractivity contribution in [2.75, 3.05) is 10.6 Å². The lowest BCUT2D eigenvalue weighted by molar-refractivity contribution is -0.274. The molecule has 0 bridgehead atoms. The number of ether oxygens (including phenoxy) is 1. The summed E-state index contributed by atoms with van der Waals surface area (Å²) in [6.07, 6.45) is 5.75. The molecule has 13 heteroatoms. The standard InChI is InChI=1S/C29H34F3N7O3/c30-29(31,32)42-24-15-13-23(14-16-24)33-27(41)39(28(17-5-2-6-18-28)22-7-3-1-4-8-22)19-20-9-11-21(12-10-20)25(40)34-26-35-37-38-36-26/h9-16,22H,1-8,17-19H2,(H,33,41)(H2,34,35,36,37,38,40). The summed E-state index contributed by atoms with van der Waals surface area (Å²) in [5.74, 6) is -0.315. The van der Waals surface area contributed by atoms with Gasteiger partial charge in [-0.3, -0.25) is 10.1 Å². The number of carbonyl (C=O) groups is 2. The van der Waals surface area contributed by atoms with Gasteiger partial charge in [0.25, 0.3) is 11.9 Å². The van der Waals surface area contributed by atoms with Crippen LogP contribution in [0.1, 0.15) is 80.1 Å². The topological polar surface area (TPSA) is 125 Å². The van der Waals surface area contributed by atoms with Crippen LogP contribution >= 0.6 is 0 Å². The van der Waals surface area contributed by atoms with Gasteiger partial charge in [-0.25, -0.2) is 4.79 Å². The summed E-state index contributed by atoms with van der Waals surface area (Å²) in [4.78, 5) is 28.6. The zero-order chi connectivity index (χ0) is 29.6. The maximum absolute atomic E-state index is 14.0. The second kappa shape index (κ2) is 12.8. The Morgan fingerprint density at radius 3 is 2.21 bits per heavy atom. The molecular formula is C29H34F3N7O3. The molecule has 1 aromatic heterocycles. The SMILES string of the molecule is O=C(Nc1nn[nH]n1)c1ccc(CN(C(=O)Nc2ccc(OC(F)(F)F)cc2)C2(C3CCCCC3)CCCCC2)cc1. The minimum atomic E-state index is -4.79. The quantitative estimate of drug-likeness (QED) is 0.271. The van der Waals surface area contributed by atoms with Crippen molar-refractivity contribution < 1.29 is 27.5 Å². The second-order valence-corrected chi connectivity index (χ2v) is 11.0. The van der Waals surface area contributed by atoms with Crippen LogP contribution in [-0.2, 0) is 6.54 Å². The van der Waals surface area contributed by atoms with E-state index in [0.29, 0.717) is 23.7 Å². The van der Waals surface area contributed by atoms with Gasteiger partial charge in [-0.05, 0) is 78.8 Å². The molecule has 5 rings (SSSR count). The molecule has 2 aliphatic rings. The van der Waals surface area contributed by atoms with E-state index in [1.807, 2.05) is 17.0 Å². The van der Waals surface area contributed by atoms with Crippen molar-refractivity contribution in [1.29, 1.82) is 0 Å². The molecule has 2 aromatic carbocycles. The van der Waals surface area contributed by atoms with Gasteiger partial charge in [0.15, 0.2) is 0 Å². The lowest BCUT2D eigenvalue weighted by atomic mass is 9.66. The molecule has 0 unspecified atom stereocenters. The fourth-order valence-corrected chi connectivity index (χ4v) is 6.40. The highest BCUT2D eigenvalue weighted by Crippen LogP contribution is 2.46. The van der Waals surface area contributed by atoms with Crippen LogP contribution in [-0.4, -0.2) is 49.4 Å². The maximum Gasteiger partial charge on any atom is 0.573 e. The third-order valence-electron chi connectivity index (χ3n) is 8.33. The van der Waals surface area contributed by atoms with Gasteiger partial charge in [0, 0.05) is 23.3 Å². The number of tetrazole rings is 1. The Kier molecular flexibility index (Phi) is 8.93. The highest BCUT2D eigenvalue weighted by atomic mass is 19.4. The summed E-state index contributed by atoms with van der Waals surface area (Å²) in [5, 5.41) is 18.7. The Bertz CT molecular complexity index is 1320. The van der Waals surface area contributed by atoms with Crippen LogP contribution < -0.4 is 15.4 Å². The molecule has 224 valence electrons. The lowest BCUT2D eigenvalue weighted by Crippen LogP contribution is -2.58. The van der Waals surface area contributed by atoms with E-state index in [0.717, 1.165) is 63.4 Å². The third-order valence-corrected chi connectivity index (χ3v) is 8.33. The van der Waals surface area contributed by atoms with Crippen molar-refractivity contribution in [2.24, 2.45) is 5.92 Å². The number of benzene rings is 2. The highest BCUT2D eigenvalue weighted by Gasteiger charge is 2.46. The van der Waals surface area contributed by atoms with Gasteiger partial charge in [-0.2, -0.15) is 5.21 Å². The summed E-state index contributed by atoms with van der Waals surface area (Å²) >= 11 is 0. The predicted molar refractivity (Wildman–Crippen MR) is 149 cm³/mol. The summed E-state index contributed by atoms with van der Waals surface area (Å²) in [7, 11) is 0. The monoisotopic (exact) mass is 585 g/mol. The number of halogens is 3. The molecule has 2 aliphatic carbocycles. The van der Waals surface area contributed by atoms with Crippen LogP contribution in [0.5, 0.6) is 5.75 Å². The summed E-state index contributed by atoms with van der Waals surface area (Å²) in [5.41, 5.74) is 1.30. The van der Waals surface area contributed by atoms with Gasteiger partial charge in [0.2, 0.25) is 0 Å². The van der Waals surface area contributed by atoms with Crippen LogP contribution in [0.15, 0.2) is 48.5 Å². The van der Waals surface area contributed by atoms with Crippen LogP contribution in [0.25, 0.3) is 0 Å². The Labute approximate surface area is 241 Å². The van der Waals surface area contributed by atoms with Crippen molar-refractivity contribution in [3.8, 4) is 5.75 Å². The van der Waals surface area contributed by atoms with Gasteiger partial charge >= 0.3 is 12.4 Å². The van der Waals surface area contributed by atoms with Gasteiger partial charge in [0.05, 0.1) is 0 Å². The molecule has 3 N–H and O–H groups in total. The van der Waals surface area contributed by atoms with Gasteiger partial charge in [0.1, 0.15) is 5.75 Å². The molecule has 3 amide bonds. The first-order chi connectivity index (χ1) is 20.2. The molecule has 3 aromatic rings. The number of hydrogen-bond acceptors (Lipinski definition) is 6. The number of H-pyrrole nitrogens is 1. The first kappa shape index (κ1) is 29.3. The molecule has 0 saturated heterocycles. The molecule has 0 radical (unpaired) electrons. The highest BCUT2D eigenvalue weighted by molar-refractivity contribution is 6.03. The van der Waals surface area contributed by atoms with E-state index in [9.17, 15) is 22.8 Å². The first-order valence-corrected chi connectivity index (χ1v) is 14.3. The smallest absolute Gasteiger partial charge is 0.406 e. The Balaban J connectivity index is 1.39. The molecular weight excluding hydrogens is 551 g/mol. The number of nitrogens with zero attached hydrogens (tertiary/aromatic N) is 4. The molecule has 2 fully saturated rings. The van der Waals surface area contributed by atoms with E-state index >= 15 is 0 Å². The van der Waals surface area contributed by atoms with Gasteiger partial charge in [-0.15, -0.1) is 18.3 Å². The van der Waals surface area contributed by atoms with Gasteiger partial charge < -0.3 is 15.0 Å². The Morgan fingerprint density at radius 1 is 0.929 bits per heavy atom. The Hall–Kier alpha value is -4.16. The molecule has 0 spiro atoms. The van der Waals surface area contributed by atoms with Gasteiger partial charge in [-0.1, -0.05) is 55.8 Å². The van der Waals surface area contributed by atoms with E-state index in [1.54, 1.807) is 12.1 Å². The largest absolute Gasteiger partial charge is 0.573 e. The van der Waals surface area contributed by atoms with E-state index < -0.39 is 6.36 Å².